The minimum atomic E-state index is -0.975. The normalized spacial score (nSPS) is 11.8. The zero-order chi connectivity index (χ0) is 23.5. The summed E-state index contributed by atoms with van der Waals surface area (Å²) in [5.41, 5.74) is 2.50. The first-order valence-electron chi connectivity index (χ1n) is 10.0. The van der Waals surface area contributed by atoms with Gasteiger partial charge in [0.25, 0.3) is 0 Å². The number of hydrogen-bond donors (Lipinski definition) is 1. The Kier molecular flexibility index (Phi) is 10.1. The van der Waals surface area contributed by atoms with E-state index in [2.05, 4.69) is 27.8 Å². The molecule has 0 saturated carbocycles. The second-order valence-corrected chi connectivity index (χ2v) is 7.65. The zero-order valence-electron chi connectivity index (χ0n) is 18.6. The van der Waals surface area contributed by atoms with Gasteiger partial charge in [0.05, 0.1) is 18.7 Å². The van der Waals surface area contributed by atoms with Crippen LogP contribution in [-0.2, 0) is 16.0 Å². The first-order valence-corrected chi connectivity index (χ1v) is 10.8. The van der Waals surface area contributed by atoms with Gasteiger partial charge in [-0.25, -0.2) is 4.79 Å². The van der Waals surface area contributed by atoms with Gasteiger partial charge in [0.15, 0.2) is 6.10 Å². The number of carboxylic acids is 1. The van der Waals surface area contributed by atoms with E-state index < -0.39 is 12.1 Å². The van der Waals surface area contributed by atoms with Crippen molar-refractivity contribution in [1.29, 1.82) is 0 Å². The summed E-state index contributed by atoms with van der Waals surface area (Å²) in [6.45, 7) is 4.37. The molecular formula is C25H27BrO6. The number of carbonyl (C=O) groups is 1. The summed E-state index contributed by atoms with van der Waals surface area (Å²) in [4.78, 5) is 11.3. The maximum Gasteiger partial charge on any atom is 0.333 e. The smallest absolute Gasteiger partial charge is 0.333 e. The van der Waals surface area contributed by atoms with Crippen LogP contribution >= 0.6 is 15.9 Å². The van der Waals surface area contributed by atoms with E-state index in [0.717, 1.165) is 21.2 Å². The number of benzene rings is 2. The van der Waals surface area contributed by atoms with Crippen molar-refractivity contribution >= 4 is 21.9 Å². The van der Waals surface area contributed by atoms with Gasteiger partial charge in [-0.2, -0.15) is 0 Å². The van der Waals surface area contributed by atoms with Gasteiger partial charge < -0.3 is 24.1 Å². The van der Waals surface area contributed by atoms with Crippen LogP contribution in [0, 0.1) is 11.8 Å². The van der Waals surface area contributed by atoms with Gasteiger partial charge in [-0.05, 0) is 71.3 Å². The highest BCUT2D eigenvalue weighted by Gasteiger charge is 2.18. The fraction of sp³-hybridized carbons (Fsp3) is 0.320. The third-order valence-electron chi connectivity index (χ3n) is 4.44. The summed E-state index contributed by atoms with van der Waals surface area (Å²) in [5.74, 6) is 7.24. The lowest BCUT2D eigenvalue weighted by Gasteiger charge is -2.13. The Morgan fingerprint density at radius 2 is 1.84 bits per heavy atom. The molecule has 0 saturated heterocycles. The van der Waals surface area contributed by atoms with Crippen LogP contribution in [0.25, 0.3) is 0 Å². The van der Waals surface area contributed by atoms with E-state index in [-0.39, 0.29) is 6.42 Å². The van der Waals surface area contributed by atoms with Crippen molar-refractivity contribution in [3.8, 4) is 29.1 Å². The molecular weight excluding hydrogens is 476 g/mol. The van der Waals surface area contributed by atoms with Gasteiger partial charge in [-0.3, -0.25) is 0 Å². The number of rotatable bonds is 10. The van der Waals surface area contributed by atoms with Crippen LogP contribution in [0.1, 0.15) is 25.0 Å². The van der Waals surface area contributed by atoms with Crippen LogP contribution in [0.2, 0.25) is 0 Å². The summed E-state index contributed by atoms with van der Waals surface area (Å²) >= 11 is 3.48. The summed E-state index contributed by atoms with van der Waals surface area (Å²) in [5, 5.41) is 9.24. The van der Waals surface area contributed by atoms with Gasteiger partial charge in [0.2, 0.25) is 0 Å². The molecule has 0 heterocycles. The Balaban J connectivity index is 1.99. The largest absolute Gasteiger partial charge is 0.497 e. The van der Waals surface area contributed by atoms with Gasteiger partial charge in [-0.15, -0.1) is 0 Å². The summed E-state index contributed by atoms with van der Waals surface area (Å²) in [6.07, 6.45) is 1.30. The molecule has 0 fully saturated rings. The van der Waals surface area contributed by atoms with Crippen molar-refractivity contribution in [3.63, 3.8) is 0 Å². The predicted octanol–water partition coefficient (Wildman–Crippen LogP) is 4.88. The van der Waals surface area contributed by atoms with Crippen molar-refractivity contribution in [2.24, 2.45) is 0 Å². The molecule has 0 aromatic heterocycles. The molecule has 2 rings (SSSR count). The third kappa shape index (κ3) is 7.95. The lowest BCUT2D eigenvalue weighted by atomic mass is 10.1. The molecule has 1 atom stereocenters. The van der Waals surface area contributed by atoms with Crippen molar-refractivity contribution in [1.82, 2.24) is 0 Å². The fourth-order valence-electron chi connectivity index (χ4n) is 2.78. The number of aliphatic carboxylic acids is 1. The number of halogens is 1. The van der Waals surface area contributed by atoms with Gasteiger partial charge in [0, 0.05) is 24.7 Å². The molecule has 6 nitrogen and oxygen atoms in total. The lowest BCUT2D eigenvalue weighted by Crippen LogP contribution is -2.26. The lowest BCUT2D eigenvalue weighted by molar-refractivity contribution is -0.149. The number of ether oxygens (including phenoxy) is 4. The number of allylic oxidation sites excluding steroid dienone is 1. The van der Waals surface area contributed by atoms with E-state index in [4.69, 9.17) is 18.9 Å². The van der Waals surface area contributed by atoms with Crippen LogP contribution in [0.4, 0.5) is 0 Å². The molecule has 0 bridgehead atoms. The second-order valence-electron chi connectivity index (χ2n) is 6.80. The molecule has 0 aliphatic rings. The van der Waals surface area contributed by atoms with E-state index in [9.17, 15) is 9.90 Å². The van der Waals surface area contributed by atoms with Crippen molar-refractivity contribution in [2.45, 2.75) is 26.4 Å². The molecule has 1 N–H and O–H groups in total. The number of carboxylic acid groups (broad SMARTS) is 1. The first-order chi connectivity index (χ1) is 15.4. The Bertz CT molecular complexity index is 997. The molecule has 32 heavy (non-hydrogen) atoms. The van der Waals surface area contributed by atoms with Gasteiger partial charge >= 0.3 is 5.97 Å². The topological polar surface area (TPSA) is 74.2 Å². The molecule has 1 unspecified atom stereocenters. The van der Waals surface area contributed by atoms with E-state index in [0.29, 0.717) is 30.5 Å². The molecule has 2 aromatic rings. The van der Waals surface area contributed by atoms with Gasteiger partial charge in [0.1, 0.15) is 23.9 Å². The van der Waals surface area contributed by atoms with Crippen molar-refractivity contribution in [2.75, 3.05) is 27.4 Å². The first kappa shape index (κ1) is 25.3. The average Bonchev–Trinajstić information content (AvgIpc) is 2.78. The van der Waals surface area contributed by atoms with E-state index in [1.807, 2.05) is 43.3 Å². The van der Waals surface area contributed by atoms with E-state index in [1.54, 1.807) is 27.2 Å². The SMILES string of the molecule is CCOC(Cc1ccc(OC/C=C(/C)C#Cc2cc(OC)cc(OC)c2)c(Br)c1)C(=O)O. The minimum absolute atomic E-state index is 0.283. The summed E-state index contributed by atoms with van der Waals surface area (Å²) < 4.78 is 22.3. The molecule has 0 aliphatic carbocycles. The highest BCUT2D eigenvalue weighted by Crippen LogP contribution is 2.27. The highest BCUT2D eigenvalue weighted by molar-refractivity contribution is 9.10. The van der Waals surface area contributed by atoms with Crippen LogP contribution in [0.5, 0.6) is 17.2 Å². The van der Waals surface area contributed by atoms with Crippen LogP contribution in [-0.4, -0.2) is 44.6 Å². The molecule has 0 amide bonds. The van der Waals surface area contributed by atoms with Crippen molar-refractivity contribution < 1.29 is 28.8 Å². The predicted molar refractivity (Wildman–Crippen MR) is 127 cm³/mol. The highest BCUT2D eigenvalue weighted by atomic mass is 79.9. The molecule has 2 aromatic carbocycles. The third-order valence-corrected chi connectivity index (χ3v) is 5.06. The fourth-order valence-corrected chi connectivity index (χ4v) is 3.32. The standard InChI is InChI=1S/C25H27BrO6/c1-5-31-24(25(27)28)15-19-8-9-23(22(26)14-19)32-11-10-17(2)6-7-18-12-20(29-3)16-21(13-18)30-4/h8-10,12-14,16,24H,5,11,15H2,1-4H3,(H,27,28)/b17-10-. The van der Waals surface area contributed by atoms with Crippen molar-refractivity contribution in [3.05, 3.63) is 63.6 Å². The van der Waals surface area contributed by atoms with E-state index >= 15 is 0 Å². The van der Waals surface area contributed by atoms with Crippen LogP contribution in [0.3, 0.4) is 0 Å². The average molecular weight is 503 g/mol. The monoisotopic (exact) mass is 502 g/mol. The summed E-state index contributed by atoms with van der Waals surface area (Å²) in [7, 11) is 3.20. The molecule has 0 radical (unpaired) electrons. The number of hydrogen-bond acceptors (Lipinski definition) is 5. The molecule has 7 heteroatoms. The Labute approximate surface area is 197 Å². The van der Waals surface area contributed by atoms with Gasteiger partial charge in [-0.1, -0.05) is 17.9 Å². The molecule has 170 valence electrons. The molecule has 0 spiro atoms. The van der Waals surface area contributed by atoms with Crippen LogP contribution < -0.4 is 14.2 Å². The van der Waals surface area contributed by atoms with E-state index in [1.165, 1.54) is 0 Å². The maximum absolute atomic E-state index is 11.3. The maximum atomic E-state index is 11.3. The molecule has 0 aliphatic heterocycles. The zero-order valence-corrected chi connectivity index (χ0v) is 20.2. The quantitative estimate of drug-likeness (QED) is 0.467. The van der Waals surface area contributed by atoms with Crippen LogP contribution in [0.15, 0.2) is 52.5 Å². The second kappa shape index (κ2) is 12.8. The summed E-state index contributed by atoms with van der Waals surface area (Å²) in [6, 6.07) is 11.0. The Hall–Kier alpha value is -2.95. The Morgan fingerprint density at radius 3 is 2.41 bits per heavy atom. The minimum Gasteiger partial charge on any atom is -0.497 e. The number of methoxy groups -OCH3 is 2. The Morgan fingerprint density at radius 1 is 1.16 bits per heavy atom.